The molecular formula is C16H20O8. The maximum Gasteiger partial charge on any atom is 0.503 e. The Balaban J connectivity index is 0. The minimum Gasteiger partial charge on any atom is -0.497 e. The van der Waals surface area contributed by atoms with Crippen LogP contribution in [0.4, 0.5) is 9.59 Å². The van der Waals surface area contributed by atoms with Crippen LogP contribution >= 0.6 is 0 Å². The van der Waals surface area contributed by atoms with Gasteiger partial charge in [0.1, 0.15) is 11.5 Å². The maximum atomic E-state index is 8.56. The summed E-state index contributed by atoms with van der Waals surface area (Å²) in [6, 6.07) is 19.4. The molecule has 0 fully saturated rings. The van der Waals surface area contributed by atoms with Gasteiger partial charge in [-0.3, -0.25) is 0 Å². The molecule has 24 heavy (non-hydrogen) atoms. The Bertz CT molecular complexity index is 483. The predicted octanol–water partition coefficient (Wildman–Crippen LogP) is 3.84. The van der Waals surface area contributed by atoms with Crippen molar-refractivity contribution in [2.24, 2.45) is 0 Å². The van der Waals surface area contributed by atoms with Crippen molar-refractivity contribution < 1.29 is 39.5 Å². The standard InChI is InChI=1S/2C7H8O.2CH2O3/c2*1-8-7-5-3-2-4-6-7;2*2-1(3)4/h2*2-6H,1H3;2*(H2,2,3,4). The fourth-order valence-electron chi connectivity index (χ4n) is 1.11. The van der Waals surface area contributed by atoms with Crippen molar-refractivity contribution in [3.05, 3.63) is 60.7 Å². The average molecular weight is 340 g/mol. The van der Waals surface area contributed by atoms with Gasteiger partial charge in [-0.25, -0.2) is 9.59 Å². The zero-order valence-electron chi connectivity index (χ0n) is 13.2. The summed E-state index contributed by atoms with van der Waals surface area (Å²) in [6.07, 6.45) is -3.67. The van der Waals surface area contributed by atoms with Gasteiger partial charge in [0, 0.05) is 0 Å². The highest BCUT2D eigenvalue weighted by molar-refractivity contribution is 5.53. The fourth-order valence-corrected chi connectivity index (χ4v) is 1.11. The molecule has 0 heterocycles. The van der Waals surface area contributed by atoms with Crippen molar-refractivity contribution >= 4 is 12.3 Å². The first-order chi connectivity index (χ1) is 11.3. The quantitative estimate of drug-likeness (QED) is 0.648. The minimum atomic E-state index is -1.83. The number of para-hydroxylation sites is 2. The van der Waals surface area contributed by atoms with E-state index < -0.39 is 12.3 Å². The second-order valence-corrected chi connectivity index (χ2v) is 3.60. The number of hydrogen-bond donors (Lipinski definition) is 4. The topological polar surface area (TPSA) is 134 Å². The molecule has 4 N–H and O–H groups in total. The number of benzene rings is 2. The summed E-state index contributed by atoms with van der Waals surface area (Å²) < 4.78 is 9.83. The summed E-state index contributed by atoms with van der Waals surface area (Å²) in [5.74, 6) is 1.82. The van der Waals surface area contributed by atoms with E-state index in [-0.39, 0.29) is 0 Å². The Morgan fingerprint density at radius 1 is 0.625 bits per heavy atom. The van der Waals surface area contributed by atoms with Crippen LogP contribution in [0.5, 0.6) is 11.5 Å². The van der Waals surface area contributed by atoms with Crippen LogP contribution in [-0.2, 0) is 0 Å². The van der Waals surface area contributed by atoms with E-state index in [4.69, 9.17) is 39.5 Å². The number of methoxy groups -OCH3 is 2. The molecule has 2 aromatic rings. The van der Waals surface area contributed by atoms with Crippen LogP contribution in [-0.4, -0.2) is 47.0 Å². The lowest BCUT2D eigenvalue weighted by atomic mass is 10.3. The van der Waals surface area contributed by atoms with E-state index in [0.717, 1.165) is 11.5 Å². The number of rotatable bonds is 2. The van der Waals surface area contributed by atoms with Gasteiger partial charge in [-0.15, -0.1) is 0 Å². The molecule has 0 aliphatic rings. The Morgan fingerprint density at radius 3 is 0.958 bits per heavy atom. The molecule has 2 rings (SSSR count). The first-order valence-corrected chi connectivity index (χ1v) is 6.35. The molecule has 0 amide bonds. The van der Waals surface area contributed by atoms with Gasteiger partial charge in [0.15, 0.2) is 0 Å². The first kappa shape index (κ1) is 22.9. The third kappa shape index (κ3) is 20.9. The van der Waals surface area contributed by atoms with Crippen molar-refractivity contribution in [3.8, 4) is 11.5 Å². The number of hydrogen-bond acceptors (Lipinski definition) is 4. The Morgan fingerprint density at radius 2 is 0.833 bits per heavy atom. The van der Waals surface area contributed by atoms with Crippen LogP contribution in [0, 0.1) is 0 Å². The van der Waals surface area contributed by atoms with Crippen LogP contribution in [0.3, 0.4) is 0 Å². The van der Waals surface area contributed by atoms with Gasteiger partial charge in [0.05, 0.1) is 14.2 Å². The Labute approximate surface area is 139 Å². The Kier molecular flexibility index (Phi) is 15.2. The molecule has 8 nitrogen and oxygen atoms in total. The van der Waals surface area contributed by atoms with E-state index in [2.05, 4.69) is 0 Å². The lowest BCUT2D eigenvalue weighted by Gasteiger charge is -1.93. The number of carbonyl (C=O) groups is 2. The van der Waals surface area contributed by atoms with E-state index in [0.29, 0.717) is 0 Å². The first-order valence-electron chi connectivity index (χ1n) is 6.35. The van der Waals surface area contributed by atoms with Crippen molar-refractivity contribution in [3.63, 3.8) is 0 Å². The van der Waals surface area contributed by atoms with Crippen molar-refractivity contribution in [1.82, 2.24) is 0 Å². The van der Waals surface area contributed by atoms with E-state index >= 15 is 0 Å². The van der Waals surface area contributed by atoms with Gasteiger partial charge < -0.3 is 29.9 Å². The maximum absolute atomic E-state index is 8.56. The van der Waals surface area contributed by atoms with Gasteiger partial charge in [-0.2, -0.15) is 0 Å². The van der Waals surface area contributed by atoms with Crippen LogP contribution in [0.25, 0.3) is 0 Å². The Hall–Kier alpha value is -3.42. The lowest BCUT2D eigenvalue weighted by molar-refractivity contribution is 0.135. The van der Waals surface area contributed by atoms with E-state index in [1.807, 2.05) is 60.7 Å². The average Bonchev–Trinajstić information content (AvgIpc) is 2.56. The van der Waals surface area contributed by atoms with Gasteiger partial charge in [0.2, 0.25) is 0 Å². The van der Waals surface area contributed by atoms with Gasteiger partial charge in [-0.05, 0) is 24.3 Å². The summed E-state index contributed by atoms with van der Waals surface area (Å²) in [6.45, 7) is 0. The summed E-state index contributed by atoms with van der Waals surface area (Å²) in [5.41, 5.74) is 0. The van der Waals surface area contributed by atoms with Gasteiger partial charge >= 0.3 is 12.3 Å². The van der Waals surface area contributed by atoms with Crippen LogP contribution in [0.15, 0.2) is 60.7 Å². The molecule has 0 atom stereocenters. The molecule has 2 aromatic carbocycles. The second-order valence-electron chi connectivity index (χ2n) is 3.60. The third-order valence-corrected chi connectivity index (χ3v) is 1.96. The van der Waals surface area contributed by atoms with Gasteiger partial charge in [-0.1, -0.05) is 36.4 Å². The molecule has 0 spiro atoms. The molecule has 0 aromatic heterocycles. The van der Waals surface area contributed by atoms with Crippen LogP contribution in [0.2, 0.25) is 0 Å². The monoisotopic (exact) mass is 340 g/mol. The van der Waals surface area contributed by atoms with E-state index in [1.165, 1.54) is 0 Å². The molecule has 8 heteroatoms. The summed E-state index contributed by atoms with van der Waals surface area (Å²) in [4.78, 5) is 17.1. The molecule has 132 valence electrons. The molecule has 0 radical (unpaired) electrons. The summed E-state index contributed by atoms with van der Waals surface area (Å²) in [5, 5.41) is 27.9. The van der Waals surface area contributed by atoms with E-state index in [1.54, 1.807) is 14.2 Å². The minimum absolute atomic E-state index is 0.910. The fraction of sp³-hybridized carbons (Fsp3) is 0.125. The molecular weight excluding hydrogens is 320 g/mol. The van der Waals surface area contributed by atoms with Crippen molar-refractivity contribution in [2.45, 2.75) is 0 Å². The van der Waals surface area contributed by atoms with Crippen molar-refractivity contribution in [2.75, 3.05) is 14.2 Å². The smallest absolute Gasteiger partial charge is 0.497 e. The number of carboxylic acid groups (broad SMARTS) is 4. The zero-order chi connectivity index (χ0) is 18.8. The van der Waals surface area contributed by atoms with E-state index in [9.17, 15) is 0 Å². The van der Waals surface area contributed by atoms with Crippen LogP contribution < -0.4 is 9.47 Å². The molecule has 0 saturated carbocycles. The lowest BCUT2D eigenvalue weighted by Crippen LogP contribution is -1.81. The normalized spacial score (nSPS) is 7.75. The summed E-state index contributed by atoms with van der Waals surface area (Å²) >= 11 is 0. The molecule has 0 bridgehead atoms. The molecule has 0 aliphatic carbocycles. The highest BCUT2D eigenvalue weighted by Crippen LogP contribution is 2.06. The zero-order valence-corrected chi connectivity index (χ0v) is 13.2. The van der Waals surface area contributed by atoms with Crippen LogP contribution in [0.1, 0.15) is 0 Å². The van der Waals surface area contributed by atoms with Crippen molar-refractivity contribution in [1.29, 1.82) is 0 Å². The molecule has 0 saturated heterocycles. The second kappa shape index (κ2) is 16.0. The molecule has 0 aliphatic heterocycles. The highest BCUT2D eigenvalue weighted by atomic mass is 16.6. The SMILES string of the molecule is COc1ccccc1.COc1ccccc1.O=C(O)O.O=C(O)O. The van der Waals surface area contributed by atoms with Gasteiger partial charge in [0.25, 0.3) is 0 Å². The number of ether oxygens (including phenoxy) is 2. The third-order valence-electron chi connectivity index (χ3n) is 1.96. The largest absolute Gasteiger partial charge is 0.503 e. The molecule has 0 unspecified atom stereocenters. The predicted molar refractivity (Wildman–Crippen MR) is 87.3 cm³/mol. The highest BCUT2D eigenvalue weighted by Gasteiger charge is 1.81. The summed E-state index contributed by atoms with van der Waals surface area (Å²) in [7, 11) is 3.32.